The van der Waals surface area contributed by atoms with Gasteiger partial charge in [-0.2, -0.15) is 0 Å². The number of likely N-dealkylation sites (tertiary alicyclic amines) is 1. The Morgan fingerprint density at radius 3 is 2.00 bits per heavy atom. The summed E-state index contributed by atoms with van der Waals surface area (Å²) in [5.41, 5.74) is 0.977. The molecule has 8 atom stereocenters. The average Bonchev–Trinajstić information content (AvgIpc) is 3.63. The van der Waals surface area contributed by atoms with Crippen molar-refractivity contribution in [2.45, 2.75) is 130 Å². The lowest BCUT2D eigenvalue weighted by molar-refractivity contribution is -0.145. The highest BCUT2D eigenvalue weighted by molar-refractivity contribution is 7.89. The molecule has 330 valence electrons. The van der Waals surface area contributed by atoms with Gasteiger partial charge in [-0.3, -0.25) is 28.7 Å². The van der Waals surface area contributed by atoms with Gasteiger partial charge in [-0.1, -0.05) is 92.7 Å². The zero-order valence-corrected chi connectivity index (χ0v) is 37.9. The highest BCUT2D eigenvalue weighted by Crippen LogP contribution is 2.29. The first-order valence-electron chi connectivity index (χ1n) is 19.9. The largest absolute Gasteiger partial charge is 0.379 e. The summed E-state index contributed by atoms with van der Waals surface area (Å²) >= 11 is 0. The highest BCUT2D eigenvalue weighted by atomic mass is 32.2. The van der Waals surface area contributed by atoms with Crippen molar-refractivity contribution < 1.29 is 41.9 Å². The molecule has 1 rings (SSSR count). The number of nitrogens with zero attached hydrogens (tertiary/aromatic N) is 2. The molecule has 1 aliphatic heterocycles. The van der Waals surface area contributed by atoms with Crippen LogP contribution in [0.15, 0.2) is 37.0 Å². The molecule has 0 aromatic carbocycles. The molecule has 15 nitrogen and oxygen atoms in total. The third-order valence-electron chi connectivity index (χ3n) is 9.77. The maximum atomic E-state index is 13.9. The minimum absolute atomic E-state index is 0.0212. The fourth-order valence-electron chi connectivity index (χ4n) is 6.73. The van der Waals surface area contributed by atoms with Gasteiger partial charge in [0.15, 0.2) is 0 Å². The second-order valence-electron chi connectivity index (χ2n) is 14.9. The predicted molar refractivity (Wildman–Crippen MR) is 228 cm³/mol. The maximum Gasteiger partial charge on any atom is 0.242 e. The number of rotatable bonds is 23. The predicted octanol–water partition coefficient (Wildman–Crippen LogP) is 3.57. The Morgan fingerprint density at radius 1 is 0.982 bits per heavy atom. The number of amides is 5. The van der Waals surface area contributed by atoms with Gasteiger partial charge >= 0.3 is 0 Å². The Labute approximate surface area is 344 Å². The fourth-order valence-corrected chi connectivity index (χ4v) is 6.90. The maximum absolute atomic E-state index is 13.9. The number of hydrogen-bond acceptors (Lipinski definition) is 10. The third-order valence-corrected chi connectivity index (χ3v) is 10.3. The summed E-state index contributed by atoms with van der Waals surface area (Å²) in [5.74, 6) is -1.16. The molecule has 1 saturated heterocycles. The Morgan fingerprint density at radius 2 is 1.58 bits per heavy atom. The number of nitrogens with one attached hydrogen (secondary N) is 4. The van der Waals surface area contributed by atoms with Crippen LogP contribution in [0.2, 0.25) is 0 Å². The summed E-state index contributed by atoms with van der Waals surface area (Å²) in [4.78, 5) is 66.0. The molecular weight excluding hydrogens is 753 g/mol. The van der Waals surface area contributed by atoms with Gasteiger partial charge in [-0.15, -0.1) is 0 Å². The van der Waals surface area contributed by atoms with Crippen LogP contribution in [-0.2, 0) is 43.5 Å². The van der Waals surface area contributed by atoms with E-state index in [1.165, 1.54) is 6.42 Å². The van der Waals surface area contributed by atoms with Gasteiger partial charge in [0, 0.05) is 33.9 Å². The number of methoxy groups -OCH3 is 2. The molecular formula is C41H76N6O9S. The number of carbonyl (C=O) groups is 5. The highest BCUT2D eigenvalue weighted by Gasteiger charge is 2.42. The molecule has 1 heterocycles. The van der Waals surface area contributed by atoms with Crippen molar-refractivity contribution in [3.63, 3.8) is 0 Å². The van der Waals surface area contributed by atoms with Gasteiger partial charge in [-0.25, -0.2) is 8.42 Å². The average molecular weight is 829 g/mol. The Bertz CT molecular complexity index is 1390. The van der Waals surface area contributed by atoms with E-state index in [9.17, 15) is 32.4 Å². The molecule has 1 aliphatic rings. The monoisotopic (exact) mass is 829 g/mol. The number of sulfonamides is 1. The first kappa shape index (κ1) is 55.5. The van der Waals surface area contributed by atoms with Crippen molar-refractivity contribution in [1.29, 1.82) is 0 Å². The van der Waals surface area contributed by atoms with Gasteiger partial charge in [0.2, 0.25) is 40.1 Å². The quantitative estimate of drug-likeness (QED) is 0.0875. The standard InChI is InChI=1S/C36H63N5O6.C3H8.C2H5NO3S/c1-13-17-27(15-3)20-25(7)39-35(44)26(8)34(47-12)28-18-16-19-41(28)30(42)21-29(46-11)33(24(6)14-2)40(10)31(43)22-38-36(45)32(37-9)23(4)5;1-3-2;1-7(5,6)3-2-4/h13,15,17,23-26,28-29,32-34,37H,1,3,14,16,18-22H2,2,4-12H3,(H,38,45)(H,39,44);3H2,1-2H3;2H,1H3,(H,3,4)/b27-17+;;. The van der Waals surface area contributed by atoms with Crippen LogP contribution < -0.4 is 20.7 Å². The van der Waals surface area contributed by atoms with Gasteiger partial charge in [0.25, 0.3) is 0 Å². The Balaban J connectivity index is 0. The molecule has 5 amide bonds. The van der Waals surface area contributed by atoms with E-state index in [4.69, 9.17) is 9.47 Å². The molecule has 0 bridgehead atoms. The van der Waals surface area contributed by atoms with Crippen LogP contribution in [0.25, 0.3) is 0 Å². The molecule has 0 spiro atoms. The van der Waals surface area contributed by atoms with E-state index in [0.717, 1.165) is 24.7 Å². The molecule has 8 unspecified atom stereocenters. The first-order chi connectivity index (χ1) is 26.7. The molecule has 16 heteroatoms. The van der Waals surface area contributed by atoms with Gasteiger partial charge in [0.1, 0.15) is 0 Å². The smallest absolute Gasteiger partial charge is 0.242 e. The van der Waals surface area contributed by atoms with Gasteiger partial charge in [0.05, 0.1) is 55.5 Å². The summed E-state index contributed by atoms with van der Waals surface area (Å²) < 4.78 is 33.2. The fraction of sp³-hybridized carbons (Fsp3) is 0.732. The van der Waals surface area contributed by atoms with Crippen molar-refractivity contribution in [2.75, 3.05) is 47.7 Å². The van der Waals surface area contributed by atoms with Crippen LogP contribution in [0, 0.1) is 17.8 Å². The van der Waals surface area contributed by atoms with Crippen LogP contribution in [0.3, 0.4) is 0 Å². The molecule has 0 saturated carbocycles. The molecule has 0 aromatic heterocycles. The lowest BCUT2D eigenvalue weighted by Crippen LogP contribution is -2.55. The molecule has 0 aliphatic carbocycles. The SMILES string of the molecule is C=C/C=C(\C=C)CC(C)NC(=O)C(C)C(OC)C1CCCN1C(=O)CC(OC)C(C(C)CC)N(C)C(=O)CNC(=O)C(NC)C(C)C.CCC.CS(=O)(=O)NC=O. The molecule has 0 aromatic rings. The summed E-state index contributed by atoms with van der Waals surface area (Å²) in [6.45, 7) is 23.9. The van der Waals surface area contributed by atoms with E-state index < -0.39 is 40.2 Å². The van der Waals surface area contributed by atoms with Crippen molar-refractivity contribution in [2.24, 2.45) is 17.8 Å². The van der Waals surface area contributed by atoms with Crippen molar-refractivity contribution >= 4 is 40.1 Å². The summed E-state index contributed by atoms with van der Waals surface area (Å²) in [6, 6.07) is -1.21. The lowest BCUT2D eigenvalue weighted by Gasteiger charge is -2.39. The number of carbonyl (C=O) groups excluding carboxylic acids is 5. The molecule has 0 radical (unpaired) electrons. The Kier molecular flexibility index (Phi) is 28.8. The van der Waals surface area contributed by atoms with Gasteiger partial charge in [-0.05, 0) is 50.6 Å². The minimum atomic E-state index is -3.29. The van der Waals surface area contributed by atoms with Crippen LogP contribution in [0.4, 0.5) is 0 Å². The van der Waals surface area contributed by atoms with Crippen LogP contribution in [-0.4, -0.2) is 132 Å². The first-order valence-corrected chi connectivity index (χ1v) is 21.8. The second kappa shape index (κ2) is 29.6. The third kappa shape index (κ3) is 20.6. The van der Waals surface area contributed by atoms with E-state index in [-0.39, 0.29) is 66.9 Å². The number of allylic oxidation sites excluding steroid dienone is 3. The number of likely N-dealkylation sites (N-methyl/N-ethyl adjacent to an activating group) is 2. The van der Waals surface area contributed by atoms with Crippen molar-refractivity contribution in [1.82, 2.24) is 30.5 Å². The van der Waals surface area contributed by atoms with Crippen LogP contribution >= 0.6 is 0 Å². The Hall–Kier alpha value is -3.60. The number of ether oxygens (including phenoxy) is 2. The van der Waals surface area contributed by atoms with E-state index in [1.54, 1.807) is 50.1 Å². The minimum Gasteiger partial charge on any atom is -0.379 e. The lowest BCUT2D eigenvalue weighted by atomic mass is 9.90. The topological polar surface area (TPSA) is 193 Å². The molecule has 1 fully saturated rings. The number of hydrogen-bond donors (Lipinski definition) is 4. The second-order valence-corrected chi connectivity index (χ2v) is 16.7. The van der Waals surface area contributed by atoms with Crippen molar-refractivity contribution in [3.8, 4) is 0 Å². The van der Waals surface area contributed by atoms with Crippen molar-refractivity contribution in [3.05, 3.63) is 37.0 Å². The zero-order valence-electron chi connectivity index (χ0n) is 37.1. The van der Waals surface area contributed by atoms with Crippen LogP contribution in [0.5, 0.6) is 0 Å². The van der Waals surface area contributed by atoms with E-state index >= 15 is 0 Å². The molecule has 57 heavy (non-hydrogen) atoms. The van der Waals surface area contributed by atoms with E-state index in [2.05, 4.69) is 43.0 Å². The van der Waals surface area contributed by atoms with Crippen LogP contribution in [0.1, 0.15) is 93.9 Å². The molecule has 4 N–H and O–H groups in total. The van der Waals surface area contributed by atoms with E-state index in [0.29, 0.717) is 19.4 Å². The summed E-state index contributed by atoms with van der Waals surface area (Å²) in [6.07, 6.45) is 9.49. The van der Waals surface area contributed by atoms with E-state index in [1.807, 2.05) is 52.5 Å². The summed E-state index contributed by atoms with van der Waals surface area (Å²) in [7, 11) is 3.27. The summed E-state index contributed by atoms with van der Waals surface area (Å²) in [5, 5.41) is 8.83. The van der Waals surface area contributed by atoms with Gasteiger partial charge < -0.3 is 35.2 Å². The normalized spacial score (nSPS) is 17.8. The zero-order chi connectivity index (χ0) is 44.5.